The summed E-state index contributed by atoms with van der Waals surface area (Å²) in [4.78, 5) is 0. The lowest BCUT2D eigenvalue weighted by atomic mass is 9.92. The molecule has 1 N–H and O–H groups in total. The molecule has 1 saturated carbocycles. The van der Waals surface area contributed by atoms with E-state index in [1.807, 2.05) is 7.11 Å². The van der Waals surface area contributed by atoms with Crippen LogP contribution < -0.4 is 5.32 Å². The molecular formula is C13H27NO. The normalized spacial score (nSPS) is 27.2. The van der Waals surface area contributed by atoms with E-state index in [1.54, 1.807) is 0 Å². The number of hydrogen-bond donors (Lipinski definition) is 1. The molecule has 0 aromatic rings. The second-order valence-corrected chi connectivity index (χ2v) is 5.21. The highest BCUT2D eigenvalue weighted by Crippen LogP contribution is 2.20. The van der Waals surface area contributed by atoms with Crippen LogP contribution in [0, 0.1) is 5.92 Å². The maximum Gasteiger partial charge on any atom is 0.0586 e. The van der Waals surface area contributed by atoms with Gasteiger partial charge in [0.25, 0.3) is 0 Å². The molecule has 90 valence electrons. The van der Waals surface area contributed by atoms with Crippen LogP contribution in [-0.2, 0) is 4.74 Å². The zero-order chi connectivity index (χ0) is 11.1. The molecular weight excluding hydrogens is 186 g/mol. The monoisotopic (exact) mass is 213 g/mol. The van der Waals surface area contributed by atoms with Gasteiger partial charge >= 0.3 is 0 Å². The first kappa shape index (κ1) is 13.0. The van der Waals surface area contributed by atoms with Gasteiger partial charge in [0.2, 0.25) is 0 Å². The highest BCUT2D eigenvalue weighted by Gasteiger charge is 2.20. The van der Waals surface area contributed by atoms with E-state index in [4.69, 9.17) is 4.74 Å². The molecule has 0 aliphatic heterocycles. The molecule has 0 amide bonds. The third kappa shape index (κ3) is 5.53. The fourth-order valence-corrected chi connectivity index (χ4v) is 2.36. The molecule has 0 aromatic carbocycles. The number of methoxy groups -OCH3 is 1. The zero-order valence-electron chi connectivity index (χ0n) is 10.6. The molecule has 0 aromatic heterocycles. The maximum atomic E-state index is 5.43. The Hall–Kier alpha value is -0.0800. The van der Waals surface area contributed by atoms with Crippen molar-refractivity contribution in [1.29, 1.82) is 0 Å². The van der Waals surface area contributed by atoms with Gasteiger partial charge in [-0.3, -0.25) is 0 Å². The van der Waals surface area contributed by atoms with Crippen LogP contribution >= 0.6 is 0 Å². The van der Waals surface area contributed by atoms with Crippen LogP contribution in [0.3, 0.4) is 0 Å². The predicted molar refractivity (Wildman–Crippen MR) is 65.1 cm³/mol. The van der Waals surface area contributed by atoms with Crippen molar-refractivity contribution >= 4 is 0 Å². The Labute approximate surface area is 94.8 Å². The Morgan fingerprint density at radius 1 is 1.33 bits per heavy atom. The number of hydrogen-bond acceptors (Lipinski definition) is 2. The van der Waals surface area contributed by atoms with Crippen LogP contribution in [0.2, 0.25) is 0 Å². The van der Waals surface area contributed by atoms with E-state index in [0.717, 1.165) is 5.92 Å². The van der Waals surface area contributed by atoms with Crippen LogP contribution in [0.1, 0.15) is 52.4 Å². The Balaban J connectivity index is 2.05. The average molecular weight is 213 g/mol. The molecule has 0 bridgehead atoms. The van der Waals surface area contributed by atoms with Crippen molar-refractivity contribution in [3.63, 3.8) is 0 Å². The average Bonchev–Trinajstić information content (AvgIpc) is 2.24. The van der Waals surface area contributed by atoms with Crippen LogP contribution in [0.5, 0.6) is 0 Å². The molecule has 2 atom stereocenters. The van der Waals surface area contributed by atoms with Gasteiger partial charge in [0, 0.05) is 13.2 Å². The van der Waals surface area contributed by atoms with Gasteiger partial charge in [-0.2, -0.15) is 0 Å². The summed E-state index contributed by atoms with van der Waals surface area (Å²) in [7, 11) is 1.84. The van der Waals surface area contributed by atoms with Crippen molar-refractivity contribution in [2.75, 3.05) is 13.7 Å². The molecule has 2 heteroatoms. The number of ether oxygens (including phenoxy) is 1. The second-order valence-electron chi connectivity index (χ2n) is 5.21. The molecule has 0 saturated heterocycles. The summed E-state index contributed by atoms with van der Waals surface area (Å²) in [6, 6.07) is 0.705. The Bertz CT molecular complexity index is 159. The van der Waals surface area contributed by atoms with E-state index in [-0.39, 0.29) is 0 Å². The lowest BCUT2D eigenvalue weighted by Crippen LogP contribution is -2.37. The van der Waals surface area contributed by atoms with E-state index in [1.165, 1.54) is 45.1 Å². The molecule has 0 radical (unpaired) electrons. The minimum Gasteiger partial charge on any atom is -0.381 e. The van der Waals surface area contributed by atoms with Crippen LogP contribution in [0.4, 0.5) is 0 Å². The van der Waals surface area contributed by atoms with Crippen LogP contribution in [0.25, 0.3) is 0 Å². The van der Waals surface area contributed by atoms with Crippen molar-refractivity contribution < 1.29 is 4.74 Å². The summed E-state index contributed by atoms with van der Waals surface area (Å²) >= 11 is 0. The van der Waals surface area contributed by atoms with Gasteiger partial charge in [0.05, 0.1) is 6.10 Å². The maximum absolute atomic E-state index is 5.43. The largest absolute Gasteiger partial charge is 0.381 e. The second kappa shape index (κ2) is 7.24. The van der Waals surface area contributed by atoms with Gasteiger partial charge in [0.1, 0.15) is 0 Å². The Morgan fingerprint density at radius 3 is 2.80 bits per heavy atom. The molecule has 0 heterocycles. The standard InChI is InChI=1S/C13H27NO/c1-11(2)6-5-9-14-12-7-4-8-13(10-12)15-3/h11-14H,4-10H2,1-3H3. The van der Waals surface area contributed by atoms with Gasteiger partial charge in [0.15, 0.2) is 0 Å². The molecule has 1 aliphatic carbocycles. The summed E-state index contributed by atoms with van der Waals surface area (Å²) in [5.41, 5.74) is 0. The third-order valence-electron chi connectivity index (χ3n) is 3.35. The molecule has 0 spiro atoms. The van der Waals surface area contributed by atoms with Gasteiger partial charge in [-0.25, -0.2) is 0 Å². The summed E-state index contributed by atoms with van der Waals surface area (Å²) in [5.74, 6) is 0.838. The number of nitrogens with one attached hydrogen (secondary N) is 1. The Morgan fingerprint density at radius 2 is 2.13 bits per heavy atom. The van der Waals surface area contributed by atoms with Crippen molar-refractivity contribution in [3.05, 3.63) is 0 Å². The fourth-order valence-electron chi connectivity index (χ4n) is 2.36. The molecule has 1 rings (SSSR count). The van der Waals surface area contributed by atoms with E-state index in [2.05, 4.69) is 19.2 Å². The van der Waals surface area contributed by atoms with Gasteiger partial charge < -0.3 is 10.1 Å². The van der Waals surface area contributed by atoms with E-state index in [0.29, 0.717) is 12.1 Å². The van der Waals surface area contributed by atoms with Gasteiger partial charge in [-0.15, -0.1) is 0 Å². The predicted octanol–water partition coefficient (Wildman–Crippen LogP) is 2.97. The van der Waals surface area contributed by atoms with E-state index < -0.39 is 0 Å². The van der Waals surface area contributed by atoms with Crippen LogP contribution in [0.15, 0.2) is 0 Å². The molecule has 1 fully saturated rings. The topological polar surface area (TPSA) is 21.3 Å². The van der Waals surface area contributed by atoms with Gasteiger partial charge in [-0.1, -0.05) is 13.8 Å². The van der Waals surface area contributed by atoms with Crippen molar-refractivity contribution in [2.24, 2.45) is 5.92 Å². The third-order valence-corrected chi connectivity index (χ3v) is 3.35. The molecule has 1 aliphatic rings. The number of rotatable bonds is 6. The smallest absolute Gasteiger partial charge is 0.0586 e. The van der Waals surface area contributed by atoms with Crippen LogP contribution in [-0.4, -0.2) is 25.8 Å². The Kier molecular flexibility index (Phi) is 6.26. The first-order valence-corrected chi connectivity index (χ1v) is 6.48. The molecule has 2 unspecified atom stereocenters. The fraction of sp³-hybridized carbons (Fsp3) is 1.00. The lowest BCUT2D eigenvalue weighted by molar-refractivity contribution is 0.0588. The summed E-state index contributed by atoms with van der Waals surface area (Å²) in [6.45, 7) is 5.77. The quantitative estimate of drug-likeness (QED) is 0.685. The van der Waals surface area contributed by atoms with Crippen molar-refractivity contribution in [3.8, 4) is 0 Å². The summed E-state index contributed by atoms with van der Waals surface area (Å²) in [6.07, 6.45) is 8.27. The van der Waals surface area contributed by atoms with Crippen molar-refractivity contribution in [1.82, 2.24) is 5.32 Å². The summed E-state index contributed by atoms with van der Waals surface area (Å²) < 4.78 is 5.43. The molecule has 2 nitrogen and oxygen atoms in total. The van der Waals surface area contributed by atoms with E-state index >= 15 is 0 Å². The first-order valence-electron chi connectivity index (χ1n) is 6.48. The SMILES string of the molecule is COC1CCCC(NCCCC(C)C)C1. The van der Waals surface area contributed by atoms with Gasteiger partial charge in [-0.05, 0) is 51.0 Å². The molecule has 15 heavy (non-hydrogen) atoms. The first-order chi connectivity index (χ1) is 7.22. The minimum atomic E-state index is 0.501. The summed E-state index contributed by atoms with van der Waals surface area (Å²) in [5, 5.41) is 3.66. The highest BCUT2D eigenvalue weighted by atomic mass is 16.5. The van der Waals surface area contributed by atoms with E-state index in [9.17, 15) is 0 Å². The zero-order valence-corrected chi connectivity index (χ0v) is 10.6. The van der Waals surface area contributed by atoms with Crippen molar-refractivity contribution in [2.45, 2.75) is 64.5 Å². The minimum absolute atomic E-state index is 0.501. The highest BCUT2D eigenvalue weighted by molar-refractivity contribution is 4.78. The lowest BCUT2D eigenvalue weighted by Gasteiger charge is -2.29.